The number of phenols is 1. The van der Waals surface area contributed by atoms with E-state index in [0.717, 1.165) is 5.69 Å². The first-order valence-electron chi connectivity index (χ1n) is 9.44. The summed E-state index contributed by atoms with van der Waals surface area (Å²) in [6.07, 6.45) is 3.38. The van der Waals surface area contributed by atoms with Crippen molar-refractivity contribution in [1.29, 1.82) is 0 Å². The number of aromatic nitrogens is 1. The molecule has 2 rings (SSSR count). The molecule has 0 bridgehead atoms. The molecule has 0 aliphatic heterocycles. The second-order valence-electron chi connectivity index (χ2n) is 6.13. The molecule has 0 fully saturated rings. The highest BCUT2D eigenvalue weighted by Crippen LogP contribution is 2.61. The van der Waals surface area contributed by atoms with E-state index < -0.39 is 13.3 Å². The van der Waals surface area contributed by atoms with Crippen LogP contribution in [-0.2, 0) is 13.6 Å². The van der Waals surface area contributed by atoms with Gasteiger partial charge in [-0.3, -0.25) is 9.55 Å². The van der Waals surface area contributed by atoms with Crippen LogP contribution in [0.25, 0.3) is 0 Å². The van der Waals surface area contributed by atoms with E-state index in [9.17, 15) is 9.67 Å². The highest BCUT2D eigenvalue weighted by atomic mass is 31.2. The molecule has 1 heterocycles. The minimum atomic E-state index is -3.48. The summed E-state index contributed by atoms with van der Waals surface area (Å²) in [6, 6.07) is 7.19. The lowest BCUT2D eigenvalue weighted by Gasteiger charge is -2.28. The van der Waals surface area contributed by atoms with E-state index in [2.05, 4.69) is 10.3 Å². The fourth-order valence-corrected chi connectivity index (χ4v) is 4.89. The number of aromatic hydroxyl groups is 1. The molecule has 28 heavy (non-hydrogen) atoms. The molecule has 1 aromatic carbocycles. The highest BCUT2D eigenvalue weighted by Gasteiger charge is 2.37. The first-order chi connectivity index (χ1) is 13.4. The van der Waals surface area contributed by atoms with Crippen LogP contribution in [0, 0.1) is 6.92 Å². The third kappa shape index (κ3) is 5.47. The summed E-state index contributed by atoms with van der Waals surface area (Å²) in [7, 11) is -3.48. The zero-order chi connectivity index (χ0) is 20.6. The number of nitrogens with one attached hydrogen (secondary N) is 1. The summed E-state index contributed by atoms with van der Waals surface area (Å²) in [4.78, 5) is 4.09. The van der Waals surface area contributed by atoms with Crippen molar-refractivity contribution in [3.63, 3.8) is 0 Å². The Hall–Kier alpha value is -2.08. The summed E-state index contributed by atoms with van der Waals surface area (Å²) >= 11 is 0. The number of pyridine rings is 1. The van der Waals surface area contributed by atoms with E-state index in [4.69, 9.17) is 13.8 Å². The predicted octanol–water partition coefficient (Wildman–Crippen LogP) is 4.91. The number of phenolic OH excluding ortho intramolecular Hbond substituents is 1. The van der Waals surface area contributed by atoms with Gasteiger partial charge in [0, 0.05) is 18.9 Å². The molecular formula is C20H29N2O5P. The van der Waals surface area contributed by atoms with Gasteiger partial charge in [0.15, 0.2) is 11.5 Å². The SMILES string of the molecule is CCOc1cc(C(CNc2cccnc2)P(=O)(OCC)OCC)cc(C)c1O. The van der Waals surface area contributed by atoms with E-state index in [1.807, 2.05) is 19.1 Å². The minimum absolute atomic E-state index is 0.0761. The Kier molecular flexibility index (Phi) is 8.30. The van der Waals surface area contributed by atoms with E-state index in [1.165, 1.54) is 0 Å². The molecule has 2 aromatic rings. The van der Waals surface area contributed by atoms with Crippen LogP contribution in [0.4, 0.5) is 5.69 Å². The summed E-state index contributed by atoms with van der Waals surface area (Å²) in [5.41, 5.74) is 1.55. The van der Waals surface area contributed by atoms with Crippen LogP contribution < -0.4 is 10.1 Å². The Morgan fingerprint density at radius 1 is 1.18 bits per heavy atom. The normalized spacial score (nSPS) is 12.6. The quantitative estimate of drug-likeness (QED) is 0.510. The largest absolute Gasteiger partial charge is 0.504 e. The van der Waals surface area contributed by atoms with Gasteiger partial charge in [-0.2, -0.15) is 0 Å². The van der Waals surface area contributed by atoms with Crippen LogP contribution in [0.3, 0.4) is 0 Å². The van der Waals surface area contributed by atoms with E-state index >= 15 is 0 Å². The Morgan fingerprint density at radius 2 is 1.89 bits per heavy atom. The molecule has 0 aliphatic carbocycles. The zero-order valence-electron chi connectivity index (χ0n) is 16.8. The molecule has 0 spiro atoms. The van der Waals surface area contributed by atoms with Crippen LogP contribution in [0.2, 0.25) is 0 Å². The number of ether oxygens (including phenoxy) is 1. The average molecular weight is 408 g/mol. The van der Waals surface area contributed by atoms with E-state index in [1.54, 1.807) is 45.3 Å². The fourth-order valence-electron chi connectivity index (χ4n) is 2.90. The molecule has 1 unspecified atom stereocenters. The number of aryl methyl sites for hydroxylation is 1. The maximum Gasteiger partial charge on any atom is 0.339 e. The number of hydrogen-bond acceptors (Lipinski definition) is 7. The number of nitrogens with zero attached hydrogens (tertiary/aromatic N) is 1. The first kappa shape index (κ1) is 22.2. The van der Waals surface area contributed by atoms with Crippen molar-refractivity contribution in [3.8, 4) is 11.5 Å². The van der Waals surface area contributed by atoms with Gasteiger partial charge in [0.25, 0.3) is 0 Å². The highest BCUT2D eigenvalue weighted by molar-refractivity contribution is 7.54. The average Bonchev–Trinajstić information content (AvgIpc) is 2.67. The minimum Gasteiger partial charge on any atom is -0.504 e. The molecule has 154 valence electrons. The van der Waals surface area contributed by atoms with Crippen molar-refractivity contribution in [2.45, 2.75) is 33.4 Å². The molecule has 0 radical (unpaired) electrons. The van der Waals surface area contributed by atoms with Crippen molar-refractivity contribution in [1.82, 2.24) is 4.98 Å². The van der Waals surface area contributed by atoms with Gasteiger partial charge in [-0.25, -0.2) is 0 Å². The second kappa shape index (κ2) is 10.5. The van der Waals surface area contributed by atoms with Gasteiger partial charge in [0.2, 0.25) is 0 Å². The smallest absolute Gasteiger partial charge is 0.339 e. The third-order valence-corrected chi connectivity index (χ3v) is 6.61. The van der Waals surface area contributed by atoms with Crippen molar-refractivity contribution < 1.29 is 23.5 Å². The molecule has 2 N–H and O–H groups in total. The van der Waals surface area contributed by atoms with Gasteiger partial charge in [-0.1, -0.05) is 6.07 Å². The molecular weight excluding hydrogens is 379 g/mol. The van der Waals surface area contributed by atoms with Crippen LogP contribution in [0.15, 0.2) is 36.7 Å². The zero-order valence-corrected chi connectivity index (χ0v) is 17.7. The molecule has 7 nitrogen and oxygen atoms in total. The lowest BCUT2D eigenvalue weighted by atomic mass is 10.1. The Balaban J connectivity index is 2.46. The van der Waals surface area contributed by atoms with Crippen molar-refractivity contribution >= 4 is 13.3 Å². The van der Waals surface area contributed by atoms with Crippen molar-refractivity contribution in [2.24, 2.45) is 0 Å². The molecule has 1 atom stereocenters. The fraction of sp³-hybridized carbons (Fsp3) is 0.450. The van der Waals surface area contributed by atoms with Crippen molar-refractivity contribution in [2.75, 3.05) is 31.7 Å². The van der Waals surface area contributed by atoms with Crippen LogP contribution in [-0.4, -0.2) is 36.5 Å². The Labute approximate surface area is 166 Å². The van der Waals surface area contributed by atoms with Crippen LogP contribution >= 0.6 is 7.60 Å². The maximum absolute atomic E-state index is 13.6. The van der Waals surface area contributed by atoms with Gasteiger partial charge in [-0.15, -0.1) is 0 Å². The first-order valence-corrected chi connectivity index (χ1v) is 11.0. The molecule has 0 aliphatic rings. The molecule has 8 heteroatoms. The molecule has 0 saturated carbocycles. The van der Waals surface area contributed by atoms with Gasteiger partial charge in [0.05, 0.1) is 25.5 Å². The van der Waals surface area contributed by atoms with E-state index in [0.29, 0.717) is 30.0 Å². The predicted molar refractivity (Wildman–Crippen MR) is 110 cm³/mol. The van der Waals surface area contributed by atoms with Gasteiger partial charge in [0.1, 0.15) is 5.66 Å². The lowest BCUT2D eigenvalue weighted by molar-refractivity contribution is 0.212. The molecule has 0 saturated heterocycles. The number of benzene rings is 1. The van der Waals surface area contributed by atoms with Crippen molar-refractivity contribution in [3.05, 3.63) is 47.8 Å². The van der Waals surface area contributed by atoms with Gasteiger partial charge in [-0.05, 0) is 57.0 Å². The standard InChI is InChI=1S/C20H29N2O5P/c1-5-25-18-12-16(11-15(4)20(18)23)19(28(24,26-6-2)27-7-3)14-22-17-9-8-10-21-13-17/h8-13,19,22-23H,5-7,14H2,1-4H3. The van der Waals surface area contributed by atoms with E-state index in [-0.39, 0.29) is 19.0 Å². The summed E-state index contributed by atoms with van der Waals surface area (Å²) in [5.74, 6) is 0.427. The Morgan fingerprint density at radius 3 is 2.46 bits per heavy atom. The second-order valence-corrected chi connectivity index (χ2v) is 8.35. The number of rotatable bonds is 11. The van der Waals surface area contributed by atoms with Gasteiger partial charge < -0.3 is 24.2 Å². The summed E-state index contributed by atoms with van der Waals surface area (Å²) < 4.78 is 30.4. The van der Waals surface area contributed by atoms with Crippen LogP contribution in [0.5, 0.6) is 11.5 Å². The summed E-state index contributed by atoms with van der Waals surface area (Å²) in [6.45, 7) is 8.41. The third-order valence-electron chi connectivity index (χ3n) is 4.13. The topological polar surface area (TPSA) is 89.9 Å². The van der Waals surface area contributed by atoms with Gasteiger partial charge >= 0.3 is 7.60 Å². The monoisotopic (exact) mass is 408 g/mol. The molecule has 0 amide bonds. The Bertz CT molecular complexity index is 791. The lowest BCUT2D eigenvalue weighted by Crippen LogP contribution is -2.17. The van der Waals surface area contributed by atoms with Crippen LogP contribution in [0.1, 0.15) is 37.6 Å². The maximum atomic E-state index is 13.6. The summed E-state index contributed by atoms with van der Waals surface area (Å²) in [5, 5.41) is 13.5. The number of anilines is 1. The molecule has 1 aromatic heterocycles. The number of hydrogen-bond donors (Lipinski definition) is 2.